The van der Waals surface area contributed by atoms with E-state index in [1.165, 1.54) is 26.4 Å². The van der Waals surface area contributed by atoms with Crippen molar-refractivity contribution in [2.75, 3.05) is 19.0 Å². The maximum absolute atomic E-state index is 12.3. The Morgan fingerprint density at radius 3 is 2.85 bits per heavy atom. The number of aromatic nitrogens is 2. The van der Waals surface area contributed by atoms with Crippen LogP contribution in [0.25, 0.3) is 0 Å². The first-order valence-electron chi connectivity index (χ1n) is 8.75. The number of carbonyl (C=O) groups excluding carboxylic acids is 1. The van der Waals surface area contributed by atoms with Gasteiger partial charge in [0.15, 0.2) is 18.1 Å². The van der Waals surface area contributed by atoms with Crippen LogP contribution in [0.4, 0.5) is 5.82 Å². The number of hydrogen-bond donors (Lipinski definition) is 1. The minimum atomic E-state index is -0.269. The van der Waals surface area contributed by atoms with Crippen molar-refractivity contribution in [3.8, 4) is 17.6 Å². The highest BCUT2D eigenvalue weighted by Crippen LogP contribution is 2.30. The molecule has 1 fully saturated rings. The summed E-state index contributed by atoms with van der Waals surface area (Å²) in [4.78, 5) is 12.3. The van der Waals surface area contributed by atoms with Gasteiger partial charge in [-0.05, 0) is 25.0 Å². The Morgan fingerprint density at radius 2 is 2.12 bits per heavy atom. The molecule has 1 aromatic carbocycles. The van der Waals surface area contributed by atoms with Crippen LogP contribution in [0.5, 0.6) is 11.5 Å². The Bertz CT molecular complexity index is 803. The van der Waals surface area contributed by atoms with Crippen LogP contribution in [-0.4, -0.2) is 29.4 Å². The Kier molecular flexibility index (Phi) is 5.74. The maximum atomic E-state index is 12.3. The lowest BCUT2D eigenvalue weighted by atomic mass is 9.96. The lowest BCUT2D eigenvalue weighted by Crippen LogP contribution is -2.24. The zero-order valence-electron chi connectivity index (χ0n) is 14.8. The molecule has 1 aliphatic carbocycles. The highest BCUT2D eigenvalue weighted by Gasteiger charge is 2.19. The zero-order chi connectivity index (χ0) is 18.4. The smallest absolute Gasteiger partial charge is 0.263 e. The quantitative estimate of drug-likeness (QED) is 0.860. The Hall–Kier alpha value is -3.01. The molecule has 0 saturated heterocycles. The van der Waals surface area contributed by atoms with Gasteiger partial charge in [0, 0.05) is 12.1 Å². The van der Waals surface area contributed by atoms with Gasteiger partial charge in [-0.1, -0.05) is 19.3 Å². The molecule has 136 valence electrons. The number of nitrogens with zero attached hydrogens (tertiary/aromatic N) is 3. The zero-order valence-corrected chi connectivity index (χ0v) is 14.8. The molecule has 3 rings (SSSR count). The first kappa shape index (κ1) is 17.8. The van der Waals surface area contributed by atoms with E-state index in [1.54, 1.807) is 30.5 Å². The van der Waals surface area contributed by atoms with Crippen LogP contribution in [0.3, 0.4) is 0 Å². The van der Waals surface area contributed by atoms with E-state index in [9.17, 15) is 4.79 Å². The van der Waals surface area contributed by atoms with Gasteiger partial charge in [0.05, 0.1) is 31.0 Å². The number of benzene rings is 1. The number of nitriles is 1. The summed E-state index contributed by atoms with van der Waals surface area (Å²) in [7, 11) is 1.49. The number of hydrogen-bond acceptors (Lipinski definition) is 5. The molecule has 1 N–H and O–H groups in total. The molecular weight excluding hydrogens is 332 g/mol. The molecule has 1 heterocycles. The summed E-state index contributed by atoms with van der Waals surface area (Å²) >= 11 is 0. The molecule has 1 amide bonds. The third-order valence-corrected chi connectivity index (χ3v) is 4.51. The van der Waals surface area contributed by atoms with Gasteiger partial charge in [0.1, 0.15) is 5.82 Å². The van der Waals surface area contributed by atoms with Crippen molar-refractivity contribution in [2.24, 2.45) is 0 Å². The molecule has 7 heteroatoms. The second-order valence-electron chi connectivity index (χ2n) is 6.27. The SMILES string of the molecule is COc1cc(C#N)ccc1OCC(=O)Nc1ccnn1C1CCCCC1. The summed E-state index contributed by atoms with van der Waals surface area (Å²) in [6.45, 7) is -0.155. The van der Waals surface area contributed by atoms with Gasteiger partial charge in [-0.3, -0.25) is 4.79 Å². The Balaban J connectivity index is 1.60. The number of amides is 1. The predicted molar refractivity (Wildman–Crippen MR) is 96.2 cm³/mol. The number of anilines is 1. The van der Waals surface area contributed by atoms with E-state index in [-0.39, 0.29) is 12.5 Å². The molecule has 1 saturated carbocycles. The molecular formula is C19H22N4O3. The monoisotopic (exact) mass is 354 g/mol. The van der Waals surface area contributed by atoms with Gasteiger partial charge in [-0.2, -0.15) is 10.4 Å². The highest BCUT2D eigenvalue weighted by molar-refractivity contribution is 5.91. The van der Waals surface area contributed by atoms with Crippen molar-refractivity contribution < 1.29 is 14.3 Å². The van der Waals surface area contributed by atoms with Crippen LogP contribution < -0.4 is 14.8 Å². The number of ether oxygens (including phenoxy) is 2. The minimum absolute atomic E-state index is 0.155. The molecule has 1 aromatic heterocycles. The van der Waals surface area contributed by atoms with Crippen molar-refractivity contribution in [3.05, 3.63) is 36.0 Å². The summed E-state index contributed by atoms with van der Waals surface area (Å²) in [5.41, 5.74) is 0.468. The van der Waals surface area contributed by atoms with Crippen molar-refractivity contribution >= 4 is 11.7 Å². The molecule has 0 spiro atoms. The second-order valence-corrected chi connectivity index (χ2v) is 6.27. The van der Waals surface area contributed by atoms with E-state index in [0.717, 1.165) is 12.8 Å². The average molecular weight is 354 g/mol. The van der Waals surface area contributed by atoms with Crippen molar-refractivity contribution in [3.63, 3.8) is 0 Å². The minimum Gasteiger partial charge on any atom is -0.493 e. The fraction of sp³-hybridized carbons (Fsp3) is 0.421. The second kappa shape index (κ2) is 8.39. The molecule has 1 aliphatic rings. The summed E-state index contributed by atoms with van der Waals surface area (Å²) in [6, 6.07) is 8.99. The third kappa shape index (κ3) is 4.14. The lowest BCUT2D eigenvalue weighted by molar-refractivity contribution is -0.118. The van der Waals surface area contributed by atoms with E-state index < -0.39 is 0 Å². The maximum Gasteiger partial charge on any atom is 0.263 e. The molecule has 26 heavy (non-hydrogen) atoms. The van der Waals surface area contributed by atoms with Crippen LogP contribution >= 0.6 is 0 Å². The van der Waals surface area contributed by atoms with Gasteiger partial charge in [0.2, 0.25) is 0 Å². The van der Waals surface area contributed by atoms with Gasteiger partial charge in [-0.25, -0.2) is 4.68 Å². The fourth-order valence-corrected chi connectivity index (χ4v) is 3.21. The van der Waals surface area contributed by atoms with Gasteiger partial charge < -0.3 is 14.8 Å². The van der Waals surface area contributed by atoms with Crippen LogP contribution in [0.15, 0.2) is 30.5 Å². The molecule has 0 unspecified atom stereocenters. The summed E-state index contributed by atoms with van der Waals surface area (Å²) in [5.74, 6) is 1.26. The molecule has 0 aliphatic heterocycles. The number of nitrogens with one attached hydrogen (secondary N) is 1. The van der Waals surface area contributed by atoms with Crippen molar-refractivity contribution in [1.82, 2.24) is 9.78 Å². The number of carbonyl (C=O) groups is 1. The molecule has 7 nitrogen and oxygen atoms in total. The van der Waals surface area contributed by atoms with Crippen LogP contribution in [-0.2, 0) is 4.79 Å². The van der Waals surface area contributed by atoms with E-state index in [0.29, 0.717) is 28.9 Å². The molecule has 0 radical (unpaired) electrons. The number of rotatable bonds is 6. The molecule has 2 aromatic rings. The van der Waals surface area contributed by atoms with Crippen LogP contribution in [0, 0.1) is 11.3 Å². The molecule has 0 bridgehead atoms. The normalized spacial score (nSPS) is 14.5. The standard InChI is InChI=1S/C19H22N4O3/c1-25-17-11-14(12-20)7-8-16(17)26-13-19(24)22-18-9-10-21-23(18)15-5-3-2-4-6-15/h7-11,15H,2-6,13H2,1H3,(H,22,24). The molecule has 0 atom stereocenters. The third-order valence-electron chi connectivity index (χ3n) is 4.51. The Morgan fingerprint density at radius 1 is 1.31 bits per heavy atom. The van der Waals surface area contributed by atoms with Gasteiger partial charge >= 0.3 is 0 Å². The van der Waals surface area contributed by atoms with Crippen molar-refractivity contribution in [2.45, 2.75) is 38.1 Å². The van der Waals surface area contributed by atoms with E-state index in [2.05, 4.69) is 10.4 Å². The van der Waals surface area contributed by atoms with Gasteiger partial charge in [0.25, 0.3) is 5.91 Å². The van der Waals surface area contributed by atoms with Crippen molar-refractivity contribution in [1.29, 1.82) is 5.26 Å². The lowest BCUT2D eigenvalue weighted by Gasteiger charge is -2.23. The van der Waals surface area contributed by atoms with Gasteiger partial charge in [-0.15, -0.1) is 0 Å². The van der Waals surface area contributed by atoms with Crippen LogP contribution in [0.1, 0.15) is 43.7 Å². The number of methoxy groups -OCH3 is 1. The van der Waals surface area contributed by atoms with E-state index in [1.807, 2.05) is 10.8 Å². The average Bonchev–Trinajstić information content (AvgIpc) is 3.14. The van der Waals surface area contributed by atoms with Crippen LogP contribution in [0.2, 0.25) is 0 Å². The van der Waals surface area contributed by atoms with E-state index >= 15 is 0 Å². The first-order chi connectivity index (χ1) is 12.7. The van der Waals surface area contributed by atoms with E-state index in [4.69, 9.17) is 14.7 Å². The predicted octanol–water partition coefficient (Wildman–Crippen LogP) is 3.29. The first-order valence-corrected chi connectivity index (χ1v) is 8.75. The largest absolute Gasteiger partial charge is 0.493 e. The summed E-state index contributed by atoms with van der Waals surface area (Å²) < 4.78 is 12.7. The summed E-state index contributed by atoms with van der Waals surface area (Å²) in [5, 5.41) is 16.2. The topological polar surface area (TPSA) is 89.2 Å². The fourth-order valence-electron chi connectivity index (χ4n) is 3.21. The summed E-state index contributed by atoms with van der Waals surface area (Å²) in [6.07, 6.45) is 7.53. The Labute approximate surface area is 152 Å². The highest BCUT2D eigenvalue weighted by atomic mass is 16.5.